The molecule has 0 amide bonds. The lowest BCUT2D eigenvalue weighted by Crippen LogP contribution is -2.02. The second-order valence-electron chi connectivity index (χ2n) is 2.84. The van der Waals surface area contributed by atoms with Crippen LogP contribution in [0.25, 0.3) is 0 Å². The molecule has 0 bridgehead atoms. The SMILES string of the molecule is CS(=O)(=O)c1cc(O)c(CO)cc1F. The molecule has 0 aliphatic rings. The summed E-state index contributed by atoms with van der Waals surface area (Å²) in [6.07, 6.45) is 0.837. The number of aromatic hydroxyl groups is 1. The van der Waals surface area contributed by atoms with E-state index in [0.717, 1.165) is 18.4 Å². The maximum Gasteiger partial charge on any atom is 0.178 e. The van der Waals surface area contributed by atoms with Crippen molar-refractivity contribution >= 4 is 9.84 Å². The first-order valence-corrected chi connectivity index (χ1v) is 5.57. The van der Waals surface area contributed by atoms with Crippen molar-refractivity contribution in [3.05, 3.63) is 23.5 Å². The van der Waals surface area contributed by atoms with Gasteiger partial charge in [0.2, 0.25) is 0 Å². The second kappa shape index (κ2) is 3.55. The van der Waals surface area contributed by atoms with Crippen molar-refractivity contribution in [1.29, 1.82) is 0 Å². The van der Waals surface area contributed by atoms with Gasteiger partial charge in [-0.3, -0.25) is 0 Å². The van der Waals surface area contributed by atoms with Crippen molar-refractivity contribution in [2.45, 2.75) is 11.5 Å². The molecule has 0 fully saturated rings. The zero-order valence-corrected chi connectivity index (χ0v) is 8.18. The summed E-state index contributed by atoms with van der Waals surface area (Å²) in [7, 11) is -3.70. The van der Waals surface area contributed by atoms with Crippen LogP contribution in [0.5, 0.6) is 5.75 Å². The predicted molar refractivity (Wildman–Crippen MR) is 47.1 cm³/mol. The summed E-state index contributed by atoms with van der Waals surface area (Å²) in [5, 5.41) is 17.8. The summed E-state index contributed by atoms with van der Waals surface area (Å²) in [6.45, 7) is -0.549. The number of sulfone groups is 1. The summed E-state index contributed by atoms with van der Waals surface area (Å²) >= 11 is 0. The quantitative estimate of drug-likeness (QED) is 0.757. The zero-order valence-electron chi connectivity index (χ0n) is 7.36. The summed E-state index contributed by atoms with van der Waals surface area (Å²) in [5.74, 6) is -1.41. The maximum absolute atomic E-state index is 13.1. The number of aliphatic hydroxyl groups is 1. The number of hydrogen-bond acceptors (Lipinski definition) is 4. The molecule has 14 heavy (non-hydrogen) atoms. The van der Waals surface area contributed by atoms with E-state index in [1.165, 1.54) is 0 Å². The minimum Gasteiger partial charge on any atom is -0.508 e. The molecule has 0 atom stereocenters. The first-order chi connectivity index (χ1) is 6.36. The molecule has 0 aliphatic carbocycles. The molecule has 0 unspecified atom stereocenters. The number of rotatable bonds is 2. The molecule has 1 rings (SSSR count). The predicted octanol–water partition coefficient (Wildman–Crippen LogP) is 0.427. The maximum atomic E-state index is 13.1. The highest BCUT2D eigenvalue weighted by Crippen LogP contribution is 2.24. The van der Waals surface area contributed by atoms with Gasteiger partial charge in [-0.25, -0.2) is 12.8 Å². The van der Waals surface area contributed by atoms with Gasteiger partial charge in [-0.1, -0.05) is 0 Å². The van der Waals surface area contributed by atoms with Gasteiger partial charge >= 0.3 is 0 Å². The second-order valence-corrected chi connectivity index (χ2v) is 4.83. The van der Waals surface area contributed by atoms with Crippen LogP contribution < -0.4 is 0 Å². The van der Waals surface area contributed by atoms with E-state index in [4.69, 9.17) is 5.11 Å². The highest BCUT2D eigenvalue weighted by molar-refractivity contribution is 7.90. The largest absolute Gasteiger partial charge is 0.508 e. The van der Waals surface area contributed by atoms with E-state index in [9.17, 15) is 17.9 Å². The summed E-state index contributed by atoms with van der Waals surface area (Å²) in [5.41, 5.74) is -0.0464. The van der Waals surface area contributed by atoms with E-state index >= 15 is 0 Å². The number of halogens is 1. The molecular weight excluding hydrogens is 211 g/mol. The molecule has 4 nitrogen and oxygen atoms in total. The third kappa shape index (κ3) is 2.02. The molecule has 78 valence electrons. The lowest BCUT2D eigenvalue weighted by molar-refractivity contribution is 0.274. The van der Waals surface area contributed by atoms with Crippen molar-refractivity contribution in [1.82, 2.24) is 0 Å². The smallest absolute Gasteiger partial charge is 0.178 e. The molecule has 0 saturated heterocycles. The van der Waals surface area contributed by atoms with Crippen LogP contribution in [0, 0.1) is 5.82 Å². The molecule has 0 aromatic heterocycles. The van der Waals surface area contributed by atoms with Crippen LogP contribution in [-0.2, 0) is 16.4 Å². The lowest BCUT2D eigenvalue weighted by atomic mass is 10.2. The van der Waals surface area contributed by atoms with Crippen LogP contribution in [0.3, 0.4) is 0 Å². The molecule has 0 aliphatic heterocycles. The van der Waals surface area contributed by atoms with Gasteiger partial charge in [-0.15, -0.1) is 0 Å². The normalized spacial score (nSPS) is 11.6. The monoisotopic (exact) mass is 220 g/mol. The van der Waals surface area contributed by atoms with Crippen LogP contribution in [0.2, 0.25) is 0 Å². The number of benzene rings is 1. The number of phenols is 1. The first-order valence-electron chi connectivity index (χ1n) is 3.68. The Morgan fingerprint density at radius 1 is 1.43 bits per heavy atom. The van der Waals surface area contributed by atoms with Crippen LogP contribution in [0.15, 0.2) is 17.0 Å². The highest BCUT2D eigenvalue weighted by atomic mass is 32.2. The minimum atomic E-state index is -3.70. The Morgan fingerprint density at radius 3 is 2.43 bits per heavy atom. The van der Waals surface area contributed by atoms with Gasteiger partial charge < -0.3 is 10.2 Å². The van der Waals surface area contributed by atoms with Gasteiger partial charge in [0, 0.05) is 17.9 Å². The van der Waals surface area contributed by atoms with Crippen LogP contribution >= 0.6 is 0 Å². The van der Waals surface area contributed by atoms with Crippen LogP contribution in [-0.4, -0.2) is 24.9 Å². The van der Waals surface area contributed by atoms with Crippen molar-refractivity contribution < 1.29 is 23.0 Å². The van der Waals surface area contributed by atoms with E-state index in [1.54, 1.807) is 0 Å². The van der Waals surface area contributed by atoms with Crippen molar-refractivity contribution in [2.24, 2.45) is 0 Å². The van der Waals surface area contributed by atoms with Crippen LogP contribution in [0.4, 0.5) is 4.39 Å². The van der Waals surface area contributed by atoms with Gasteiger partial charge in [0.15, 0.2) is 9.84 Å². The average molecular weight is 220 g/mol. The van der Waals surface area contributed by atoms with Crippen molar-refractivity contribution in [3.63, 3.8) is 0 Å². The fraction of sp³-hybridized carbons (Fsp3) is 0.250. The molecule has 0 radical (unpaired) electrons. The third-order valence-electron chi connectivity index (χ3n) is 1.70. The highest BCUT2D eigenvalue weighted by Gasteiger charge is 2.16. The van der Waals surface area contributed by atoms with Crippen molar-refractivity contribution in [3.8, 4) is 5.75 Å². The standard InChI is InChI=1S/C8H9FO4S/c1-14(12,13)8-3-7(11)5(4-10)2-6(8)9/h2-3,10-11H,4H2,1H3. The third-order valence-corrected chi connectivity index (χ3v) is 2.81. The van der Waals surface area contributed by atoms with E-state index in [1.807, 2.05) is 0 Å². The van der Waals surface area contributed by atoms with Gasteiger partial charge in [-0.2, -0.15) is 0 Å². The lowest BCUT2D eigenvalue weighted by Gasteiger charge is -2.05. The van der Waals surface area contributed by atoms with Gasteiger partial charge in [0.25, 0.3) is 0 Å². The first kappa shape index (κ1) is 10.9. The summed E-state index contributed by atoms with van der Waals surface area (Å²) in [4.78, 5) is -0.577. The van der Waals surface area contributed by atoms with E-state index < -0.39 is 32.9 Å². The minimum absolute atomic E-state index is 0.0464. The summed E-state index contributed by atoms with van der Waals surface area (Å²) in [6, 6.07) is 1.59. The van der Waals surface area contributed by atoms with E-state index in [2.05, 4.69) is 0 Å². The summed E-state index contributed by atoms with van der Waals surface area (Å²) < 4.78 is 35.1. The molecule has 1 aromatic rings. The Labute approximate surface area is 80.5 Å². The fourth-order valence-corrected chi connectivity index (χ4v) is 1.73. The average Bonchev–Trinajstić information content (AvgIpc) is 2.06. The topological polar surface area (TPSA) is 74.6 Å². The Balaban J connectivity index is 3.44. The van der Waals surface area contributed by atoms with Crippen molar-refractivity contribution in [2.75, 3.05) is 6.26 Å². The number of aliphatic hydroxyl groups excluding tert-OH is 1. The molecule has 0 saturated carbocycles. The van der Waals surface area contributed by atoms with E-state index in [0.29, 0.717) is 0 Å². The van der Waals surface area contributed by atoms with Gasteiger partial charge in [0.1, 0.15) is 16.5 Å². The van der Waals surface area contributed by atoms with E-state index in [-0.39, 0.29) is 5.56 Å². The Hall–Kier alpha value is -1.14. The van der Waals surface area contributed by atoms with Gasteiger partial charge in [-0.05, 0) is 6.07 Å². The van der Waals surface area contributed by atoms with Crippen LogP contribution in [0.1, 0.15) is 5.56 Å². The molecule has 0 spiro atoms. The molecule has 2 N–H and O–H groups in total. The molecule has 1 aromatic carbocycles. The number of hydrogen-bond donors (Lipinski definition) is 2. The molecule has 6 heteroatoms. The zero-order chi connectivity index (χ0) is 10.9. The Morgan fingerprint density at radius 2 is 2.00 bits per heavy atom. The fourth-order valence-electron chi connectivity index (χ4n) is 0.995. The molecular formula is C8H9FO4S. The Bertz CT molecular complexity index is 453. The Kier molecular flexibility index (Phi) is 2.77. The molecule has 0 heterocycles. The van der Waals surface area contributed by atoms with Gasteiger partial charge in [0.05, 0.1) is 6.61 Å².